The maximum absolute atomic E-state index is 11.6. The molecule has 0 aliphatic heterocycles. The van der Waals surface area contributed by atoms with Gasteiger partial charge in [-0.1, -0.05) is 48.0 Å². The summed E-state index contributed by atoms with van der Waals surface area (Å²) in [5.74, 6) is -0.903. The largest absolute Gasteiger partial charge is 0.477 e. The van der Waals surface area contributed by atoms with E-state index in [0.29, 0.717) is 5.69 Å². The van der Waals surface area contributed by atoms with Gasteiger partial charge in [0.15, 0.2) is 0 Å². The molecule has 0 fully saturated rings. The molecule has 2 aromatic carbocycles. The highest BCUT2D eigenvalue weighted by atomic mass is 16.4. The van der Waals surface area contributed by atoms with Gasteiger partial charge < -0.3 is 9.67 Å². The summed E-state index contributed by atoms with van der Waals surface area (Å²) >= 11 is 0. The molecule has 3 aromatic rings. The zero-order valence-corrected chi connectivity index (χ0v) is 11.4. The molecule has 1 aromatic heterocycles. The molecular formula is C17H15NO2. The third-order valence-corrected chi connectivity index (χ3v) is 3.62. The fourth-order valence-electron chi connectivity index (χ4n) is 2.74. The maximum atomic E-state index is 11.6. The van der Waals surface area contributed by atoms with Gasteiger partial charge in [-0.3, -0.25) is 0 Å². The first kappa shape index (κ1) is 12.5. The Morgan fingerprint density at radius 1 is 1.10 bits per heavy atom. The molecule has 0 saturated heterocycles. The molecule has 1 heterocycles. The Hall–Kier alpha value is -2.55. The van der Waals surface area contributed by atoms with Gasteiger partial charge in [0.2, 0.25) is 0 Å². The molecule has 3 heteroatoms. The average molecular weight is 265 g/mol. The first-order valence-electron chi connectivity index (χ1n) is 6.47. The molecule has 0 spiro atoms. The lowest BCUT2D eigenvalue weighted by atomic mass is 10.0. The molecule has 0 saturated carbocycles. The second-order valence-electron chi connectivity index (χ2n) is 4.97. The highest BCUT2D eigenvalue weighted by Gasteiger charge is 2.21. The van der Waals surface area contributed by atoms with Crippen LogP contribution in [-0.2, 0) is 7.05 Å². The van der Waals surface area contributed by atoms with Crippen molar-refractivity contribution in [1.29, 1.82) is 0 Å². The Kier molecular flexibility index (Phi) is 2.83. The van der Waals surface area contributed by atoms with Gasteiger partial charge in [-0.15, -0.1) is 0 Å². The number of carbonyl (C=O) groups is 1. The third-order valence-electron chi connectivity index (χ3n) is 3.62. The SMILES string of the molecule is Cc1cccc(-c2c(C(=O)O)n(C)c3ccccc23)c1. The van der Waals surface area contributed by atoms with Crippen LogP contribution in [0.1, 0.15) is 16.1 Å². The third kappa shape index (κ3) is 1.79. The van der Waals surface area contributed by atoms with Crippen LogP contribution in [0.5, 0.6) is 0 Å². The number of aryl methyl sites for hydroxylation is 2. The number of fused-ring (bicyclic) bond motifs is 1. The number of aromatic nitrogens is 1. The van der Waals surface area contributed by atoms with E-state index in [4.69, 9.17) is 0 Å². The lowest BCUT2D eigenvalue weighted by Gasteiger charge is -2.04. The van der Waals surface area contributed by atoms with Crippen LogP contribution in [0, 0.1) is 6.92 Å². The Bertz CT molecular complexity index is 815. The molecule has 0 radical (unpaired) electrons. The molecule has 0 aliphatic rings. The van der Waals surface area contributed by atoms with Crippen LogP contribution >= 0.6 is 0 Å². The van der Waals surface area contributed by atoms with Gasteiger partial charge in [0.25, 0.3) is 0 Å². The highest BCUT2D eigenvalue weighted by Crippen LogP contribution is 2.34. The number of carboxylic acids is 1. The smallest absolute Gasteiger partial charge is 0.353 e. The monoisotopic (exact) mass is 265 g/mol. The summed E-state index contributed by atoms with van der Waals surface area (Å²) in [5.41, 5.74) is 4.11. The zero-order valence-electron chi connectivity index (χ0n) is 11.4. The van der Waals surface area contributed by atoms with E-state index in [0.717, 1.165) is 27.6 Å². The van der Waals surface area contributed by atoms with Crippen molar-refractivity contribution in [3.8, 4) is 11.1 Å². The predicted molar refractivity (Wildman–Crippen MR) is 80.1 cm³/mol. The van der Waals surface area contributed by atoms with Gasteiger partial charge in [-0.2, -0.15) is 0 Å². The van der Waals surface area contributed by atoms with Crippen molar-refractivity contribution in [3.05, 3.63) is 59.8 Å². The second-order valence-corrected chi connectivity index (χ2v) is 4.97. The van der Waals surface area contributed by atoms with Crippen molar-refractivity contribution in [2.24, 2.45) is 7.05 Å². The quantitative estimate of drug-likeness (QED) is 0.764. The van der Waals surface area contributed by atoms with E-state index in [-0.39, 0.29) is 0 Å². The van der Waals surface area contributed by atoms with Gasteiger partial charge in [-0.05, 0) is 18.6 Å². The van der Waals surface area contributed by atoms with E-state index in [1.807, 2.05) is 55.5 Å². The van der Waals surface area contributed by atoms with Gasteiger partial charge in [0, 0.05) is 23.5 Å². The van der Waals surface area contributed by atoms with E-state index in [1.54, 1.807) is 11.6 Å². The first-order valence-corrected chi connectivity index (χ1v) is 6.47. The topological polar surface area (TPSA) is 42.2 Å². The second kappa shape index (κ2) is 4.53. The molecule has 0 atom stereocenters. The highest BCUT2D eigenvalue weighted by molar-refractivity contribution is 6.08. The molecule has 1 N–H and O–H groups in total. The number of hydrogen-bond acceptors (Lipinski definition) is 1. The van der Waals surface area contributed by atoms with Crippen LogP contribution in [0.2, 0.25) is 0 Å². The average Bonchev–Trinajstić information content (AvgIpc) is 2.73. The lowest BCUT2D eigenvalue weighted by molar-refractivity contribution is 0.0688. The van der Waals surface area contributed by atoms with Crippen LogP contribution in [-0.4, -0.2) is 15.6 Å². The number of rotatable bonds is 2. The number of para-hydroxylation sites is 1. The number of carboxylic acid groups (broad SMARTS) is 1. The van der Waals surface area contributed by atoms with Gasteiger partial charge in [-0.25, -0.2) is 4.79 Å². The van der Waals surface area contributed by atoms with Crippen molar-refractivity contribution in [2.75, 3.05) is 0 Å². The van der Waals surface area contributed by atoms with E-state index in [9.17, 15) is 9.90 Å². The maximum Gasteiger partial charge on any atom is 0.353 e. The summed E-state index contributed by atoms with van der Waals surface area (Å²) in [4.78, 5) is 11.6. The fraction of sp³-hybridized carbons (Fsp3) is 0.118. The van der Waals surface area contributed by atoms with Crippen LogP contribution in [0.25, 0.3) is 22.0 Å². The van der Waals surface area contributed by atoms with Crippen molar-refractivity contribution < 1.29 is 9.90 Å². The van der Waals surface area contributed by atoms with Crippen molar-refractivity contribution >= 4 is 16.9 Å². The Morgan fingerprint density at radius 2 is 1.85 bits per heavy atom. The minimum atomic E-state index is -0.903. The Morgan fingerprint density at radius 3 is 2.55 bits per heavy atom. The molecule has 3 nitrogen and oxygen atoms in total. The molecule has 100 valence electrons. The first-order chi connectivity index (χ1) is 9.59. The van der Waals surface area contributed by atoms with Crippen molar-refractivity contribution in [3.63, 3.8) is 0 Å². The summed E-state index contributed by atoms with van der Waals surface area (Å²) in [6.45, 7) is 2.01. The van der Waals surface area contributed by atoms with Gasteiger partial charge in [0.1, 0.15) is 5.69 Å². The summed E-state index contributed by atoms with van der Waals surface area (Å²) in [5, 5.41) is 10.5. The summed E-state index contributed by atoms with van der Waals surface area (Å²) < 4.78 is 1.75. The molecule has 0 bridgehead atoms. The molecule has 3 rings (SSSR count). The van der Waals surface area contributed by atoms with Crippen LogP contribution in [0.4, 0.5) is 0 Å². The van der Waals surface area contributed by atoms with E-state index >= 15 is 0 Å². The number of benzene rings is 2. The Balaban J connectivity index is 2.45. The van der Waals surface area contributed by atoms with E-state index in [2.05, 4.69) is 0 Å². The lowest BCUT2D eigenvalue weighted by Crippen LogP contribution is -2.05. The summed E-state index contributed by atoms with van der Waals surface area (Å²) in [6.07, 6.45) is 0. The number of aromatic carboxylic acids is 1. The summed E-state index contributed by atoms with van der Waals surface area (Å²) in [6, 6.07) is 15.7. The summed E-state index contributed by atoms with van der Waals surface area (Å²) in [7, 11) is 1.80. The van der Waals surface area contributed by atoms with Crippen LogP contribution in [0.15, 0.2) is 48.5 Å². The normalized spacial score (nSPS) is 10.9. The van der Waals surface area contributed by atoms with Crippen molar-refractivity contribution in [2.45, 2.75) is 6.92 Å². The van der Waals surface area contributed by atoms with Gasteiger partial charge >= 0.3 is 5.97 Å². The van der Waals surface area contributed by atoms with E-state index < -0.39 is 5.97 Å². The fourth-order valence-corrected chi connectivity index (χ4v) is 2.74. The predicted octanol–water partition coefficient (Wildman–Crippen LogP) is 3.85. The Labute approximate surface area is 117 Å². The molecule has 20 heavy (non-hydrogen) atoms. The minimum absolute atomic E-state index is 0.330. The molecule has 0 aliphatic carbocycles. The number of hydrogen-bond donors (Lipinski definition) is 1. The molecule has 0 unspecified atom stereocenters. The van der Waals surface area contributed by atoms with E-state index in [1.165, 1.54) is 0 Å². The van der Waals surface area contributed by atoms with Crippen LogP contribution in [0.3, 0.4) is 0 Å². The number of nitrogens with zero attached hydrogens (tertiary/aromatic N) is 1. The molecular weight excluding hydrogens is 250 g/mol. The molecule has 0 amide bonds. The van der Waals surface area contributed by atoms with Crippen molar-refractivity contribution in [1.82, 2.24) is 4.57 Å². The minimum Gasteiger partial charge on any atom is -0.477 e. The van der Waals surface area contributed by atoms with Crippen LogP contribution < -0.4 is 0 Å². The van der Waals surface area contributed by atoms with Gasteiger partial charge in [0.05, 0.1) is 0 Å². The standard InChI is InChI=1S/C17H15NO2/c1-11-6-5-7-12(10-11)15-13-8-3-4-9-14(13)18(2)16(15)17(19)20/h3-10H,1-2H3,(H,19,20). The zero-order chi connectivity index (χ0) is 14.3.